The van der Waals surface area contributed by atoms with Crippen LogP contribution in [0.15, 0.2) is 36.5 Å². The molecule has 0 saturated carbocycles. The summed E-state index contributed by atoms with van der Waals surface area (Å²) in [4.78, 5) is 28.3. The number of nitrogens with zero attached hydrogens (tertiary/aromatic N) is 3. The fourth-order valence-corrected chi connectivity index (χ4v) is 3.75. The zero-order chi connectivity index (χ0) is 25.5. The van der Waals surface area contributed by atoms with Gasteiger partial charge in [-0.3, -0.25) is 4.79 Å². The first-order chi connectivity index (χ1) is 17.4. The number of methoxy groups -OCH3 is 1. The predicted octanol–water partition coefficient (Wildman–Crippen LogP) is 3.31. The Morgan fingerprint density at radius 1 is 1.22 bits per heavy atom. The number of carbonyl (C=O) groups is 1. The summed E-state index contributed by atoms with van der Waals surface area (Å²) in [6.45, 7) is 5.96. The van der Waals surface area contributed by atoms with Gasteiger partial charge in [0, 0.05) is 50.9 Å². The SMILES string of the molecule is COCCCNc1nccc(-c2[nH]c(C3OCC(C)(CNC(C)=O)CO3)nc2-c2ccc(F)cc2)n1. The number of aromatic nitrogens is 4. The third-order valence-electron chi connectivity index (χ3n) is 5.71. The van der Waals surface area contributed by atoms with Gasteiger partial charge in [-0.1, -0.05) is 6.92 Å². The van der Waals surface area contributed by atoms with E-state index in [0.717, 1.165) is 6.42 Å². The Bertz CT molecular complexity index is 1160. The number of nitrogens with one attached hydrogen (secondary N) is 3. The summed E-state index contributed by atoms with van der Waals surface area (Å²) in [5.41, 5.74) is 2.20. The quantitative estimate of drug-likeness (QED) is 0.364. The second kappa shape index (κ2) is 11.5. The molecule has 1 aromatic carbocycles. The molecule has 3 heterocycles. The van der Waals surface area contributed by atoms with Crippen LogP contribution < -0.4 is 10.6 Å². The van der Waals surface area contributed by atoms with E-state index in [-0.39, 0.29) is 17.1 Å². The lowest BCUT2D eigenvalue weighted by atomic mass is 9.92. The molecule has 1 aliphatic heterocycles. The number of rotatable bonds is 10. The summed E-state index contributed by atoms with van der Waals surface area (Å²) < 4.78 is 30.7. The summed E-state index contributed by atoms with van der Waals surface area (Å²) in [5, 5.41) is 6.01. The van der Waals surface area contributed by atoms with Gasteiger partial charge in [0.1, 0.15) is 5.82 Å². The van der Waals surface area contributed by atoms with E-state index in [2.05, 4.69) is 25.6 Å². The first-order valence-electron chi connectivity index (χ1n) is 11.8. The van der Waals surface area contributed by atoms with Crippen LogP contribution in [0.25, 0.3) is 22.6 Å². The van der Waals surface area contributed by atoms with Crippen molar-refractivity contribution in [2.45, 2.75) is 26.6 Å². The highest BCUT2D eigenvalue weighted by molar-refractivity contribution is 5.77. The lowest BCUT2D eigenvalue weighted by Gasteiger charge is -2.36. The number of ether oxygens (including phenoxy) is 3. The van der Waals surface area contributed by atoms with E-state index >= 15 is 0 Å². The van der Waals surface area contributed by atoms with Crippen LogP contribution in [0, 0.1) is 11.2 Å². The molecule has 0 atom stereocenters. The average molecular weight is 499 g/mol. The molecule has 4 rings (SSSR count). The second-order valence-electron chi connectivity index (χ2n) is 9.07. The monoisotopic (exact) mass is 498 g/mol. The summed E-state index contributed by atoms with van der Waals surface area (Å²) in [7, 11) is 1.66. The number of aromatic amines is 1. The molecule has 2 aromatic heterocycles. The molecular weight excluding hydrogens is 467 g/mol. The molecule has 192 valence electrons. The molecule has 0 bridgehead atoms. The average Bonchev–Trinajstić information content (AvgIpc) is 3.32. The second-order valence-corrected chi connectivity index (χ2v) is 9.07. The zero-order valence-electron chi connectivity index (χ0n) is 20.6. The van der Waals surface area contributed by atoms with Gasteiger partial charge in [0.15, 0.2) is 5.82 Å². The lowest BCUT2D eigenvalue weighted by molar-refractivity contribution is -0.232. The highest BCUT2D eigenvalue weighted by Crippen LogP contribution is 2.35. The molecule has 1 fully saturated rings. The van der Waals surface area contributed by atoms with E-state index in [1.807, 2.05) is 6.92 Å². The smallest absolute Gasteiger partial charge is 0.223 e. The van der Waals surface area contributed by atoms with Crippen LogP contribution in [-0.4, -0.2) is 65.9 Å². The van der Waals surface area contributed by atoms with Crippen molar-refractivity contribution in [2.75, 3.05) is 45.3 Å². The molecule has 1 saturated heterocycles. The van der Waals surface area contributed by atoms with E-state index in [9.17, 15) is 9.18 Å². The van der Waals surface area contributed by atoms with Crippen molar-refractivity contribution in [3.05, 3.63) is 48.2 Å². The molecule has 3 N–H and O–H groups in total. The lowest BCUT2D eigenvalue weighted by Crippen LogP contribution is -2.45. The fourth-order valence-electron chi connectivity index (χ4n) is 3.75. The van der Waals surface area contributed by atoms with Crippen molar-refractivity contribution >= 4 is 11.9 Å². The highest BCUT2D eigenvalue weighted by Gasteiger charge is 2.35. The molecular formula is C25H31FN6O4. The van der Waals surface area contributed by atoms with Crippen LogP contribution in [0.3, 0.4) is 0 Å². The van der Waals surface area contributed by atoms with Crippen molar-refractivity contribution in [1.29, 1.82) is 0 Å². The van der Waals surface area contributed by atoms with Gasteiger partial charge in [-0.05, 0) is 36.8 Å². The third kappa shape index (κ3) is 6.42. The summed E-state index contributed by atoms with van der Waals surface area (Å²) >= 11 is 0. The van der Waals surface area contributed by atoms with Gasteiger partial charge in [0.2, 0.25) is 18.1 Å². The number of halogens is 1. The highest BCUT2D eigenvalue weighted by atomic mass is 19.1. The Labute approximate surface area is 209 Å². The largest absolute Gasteiger partial charge is 0.385 e. The van der Waals surface area contributed by atoms with Crippen LogP contribution in [0.5, 0.6) is 0 Å². The maximum atomic E-state index is 13.6. The maximum absolute atomic E-state index is 13.6. The number of anilines is 1. The molecule has 0 unspecified atom stereocenters. The van der Waals surface area contributed by atoms with E-state index in [1.165, 1.54) is 19.1 Å². The van der Waals surface area contributed by atoms with Crippen LogP contribution in [-0.2, 0) is 19.0 Å². The normalized spacial score (nSPS) is 19.7. The number of imidazole rings is 1. The van der Waals surface area contributed by atoms with E-state index in [0.29, 0.717) is 67.3 Å². The van der Waals surface area contributed by atoms with Gasteiger partial charge >= 0.3 is 0 Å². The van der Waals surface area contributed by atoms with Crippen LogP contribution >= 0.6 is 0 Å². The van der Waals surface area contributed by atoms with Gasteiger partial charge in [0.05, 0.1) is 30.3 Å². The Kier molecular flexibility index (Phi) is 8.24. The van der Waals surface area contributed by atoms with Crippen LogP contribution in [0.4, 0.5) is 10.3 Å². The van der Waals surface area contributed by atoms with Crippen molar-refractivity contribution in [3.63, 3.8) is 0 Å². The van der Waals surface area contributed by atoms with Crippen LogP contribution in [0.1, 0.15) is 32.4 Å². The van der Waals surface area contributed by atoms with Crippen LogP contribution in [0.2, 0.25) is 0 Å². The van der Waals surface area contributed by atoms with Gasteiger partial charge in [-0.25, -0.2) is 19.3 Å². The predicted molar refractivity (Wildman–Crippen MR) is 131 cm³/mol. The van der Waals surface area contributed by atoms with E-state index in [4.69, 9.17) is 19.2 Å². The van der Waals surface area contributed by atoms with Crippen molar-refractivity contribution < 1.29 is 23.4 Å². The third-order valence-corrected chi connectivity index (χ3v) is 5.71. The van der Waals surface area contributed by atoms with Gasteiger partial charge in [0.25, 0.3) is 0 Å². The molecule has 10 nitrogen and oxygen atoms in total. The Morgan fingerprint density at radius 3 is 2.67 bits per heavy atom. The molecule has 3 aromatic rings. The number of hydrogen-bond donors (Lipinski definition) is 3. The number of benzene rings is 1. The van der Waals surface area contributed by atoms with Crippen molar-refractivity contribution in [1.82, 2.24) is 25.3 Å². The standard InChI is InChI=1S/C25H31FN6O4/c1-16(33)29-13-25(2)14-35-23(36-15-25)22-31-20(17-5-7-18(26)8-6-17)21(32-22)19-9-11-28-24(30-19)27-10-4-12-34-3/h5-9,11,23H,4,10,12-15H2,1-3H3,(H,29,33)(H,31,32)(H,27,28,30). The number of hydrogen-bond acceptors (Lipinski definition) is 8. The maximum Gasteiger partial charge on any atom is 0.223 e. The van der Waals surface area contributed by atoms with Gasteiger partial charge in [-0.15, -0.1) is 0 Å². The molecule has 1 amide bonds. The number of H-pyrrole nitrogens is 1. The van der Waals surface area contributed by atoms with Crippen molar-refractivity contribution in [3.8, 4) is 22.6 Å². The molecule has 1 aliphatic rings. The first-order valence-corrected chi connectivity index (χ1v) is 11.8. The van der Waals surface area contributed by atoms with Gasteiger partial charge in [-0.2, -0.15) is 0 Å². The Hall–Kier alpha value is -3.41. The topological polar surface area (TPSA) is 123 Å². The minimum Gasteiger partial charge on any atom is -0.385 e. The molecule has 11 heteroatoms. The summed E-state index contributed by atoms with van der Waals surface area (Å²) in [6, 6.07) is 7.88. The number of amides is 1. The number of carbonyl (C=O) groups excluding carboxylic acids is 1. The fraction of sp³-hybridized carbons (Fsp3) is 0.440. The molecule has 36 heavy (non-hydrogen) atoms. The summed E-state index contributed by atoms with van der Waals surface area (Å²) in [5.74, 6) is 0.510. The Morgan fingerprint density at radius 2 is 1.97 bits per heavy atom. The first kappa shape index (κ1) is 25.7. The molecule has 0 radical (unpaired) electrons. The summed E-state index contributed by atoms with van der Waals surface area (Å²) in [6.07, 6.45) is 1.75. The molecule has 0 aliphatic carbocycles. The van der Waals surface area contributed by atoms with E-state index in [1.54, 1.807) is 31.5 Å². The Balaban J connectivity index is 1.59. The van der Waals surface area contributed by atoms with Crippen molar-refractivity contribution in [2.24, 2.45) is 5.41 Å². The minimum atomic E-state index is -0.725. The zero-order valence-corrected chi connectivity index (χ0v) is 20.6. The van der Waals surface area contributed by atoms with Gasteiger partial charge < -0.3 is 29.8 Å². The molecule has 0 spiro atoms. The van der Waals surface area contributed by atoms with E-state index < -0.39 is 6.29 Å². The minimum absolute atomic E-state index is 0.102.